The summed E-state index contributed by atoms with van der Waals surface area (Å²) in [5.41, 5.74) is 9.02. The van der Waals surface area contributed by atoms with E-state index in [1.807, 2.05) is 32.0 Å². The molecule has 4 N–H and O–H groups in total. The van der Waals surface area contributed by atoms with E-state index in [0.717, 1.165) is 23.2 Å². The number of amides is 1. The average molecular weight is 259 g/mol. The number of rotatable bonds is 5. The number of carbonyl (C=O) groups excluding carboxylic acids is 1. The smallest absolute Gasteiger partial charge is 0.220 e. The maximum Gasteiger partial charge on any atom is 0.220 e. The topological polar surface area (TPSA) is 70.9 Å². The molecule has 1 amide bonds. The number of H-pyrrole nitrogens is 1. The van der Waals surface area contributed by atoms with Crippen LogP contribution < -0.4 is 11.1 Å². The van der Waals surface area contributed by atoms with E-state index >= 15 is 0 Å². The summed E-state index contributed by atoms with van der Waals surface area (Å²) in [5.74, 6) is 0.0574. The summed E-state index contributed by atoms with van der Waals surface area (Å²) >= 11 is 0. The summed E-state index contributed by atoms with van der Waals surface area (Å²) in [6.07, 6.45) is 1.21. The van der Waals surface area contributed by atoms with E-state index in [1.54, 1.807) is 0 Å². The Morgan fingerprint density at radius 1 is 1.42 bits per heavy atom. The molecule has 0 aliphatic rings. The highest BCUT2D eigenvalue weighted by Gasteiger charge is 2.09. The Balaban J connectivity index is 2.01. The van der Waals surface area contributed by atoms with Gasteiger partial charge in [0.15, 0.2) is 0 Å². The van der Waals surface area contributed by atoms with Gasteiger partial charge >= 0.3 is 0 Å². The monoisotopic (exact) mass is 259 g/mol. The van der Waals surface area contributed by atoms with Crippen molar-refractivity contribution >= 4 is 16.8 Å². The quantitative estimate of drug-likeness (QED) is 0.770. The second-order valence-electron chi connectivity index (χ2n) is 5.07. The first-order chi connectivity index (χ1) is 9.08. The van der Waals surface area contributed by atoms with E-state index in [2.05, 4.69) is 16.4 Å². The zero-order valence-corrected chi connectivity index (χ0v) is 11.5. The lowest BCUT2D eigenvalue weighted by Crippen LogP contribution is -2.25. The molecule has 1 aromatic carbocycles. The van der Waals surface area contributed by atoms with Crippen LogP contribution in [0.1, 0.15) is 31.0 Å². The summed E-state index contributed by atoms with van der Waals surface area (Å²) < 4.78 is 0. The number of carbonyl (C=O) groups is 1. The standard InChI is InChI=1S/C15H21N3O/c1-10(16)7-8-15(19)17-9-13-11(2)18-14-6-4-3-5-12(13)14/h3-6,10,18H,7-9,16H2,1-2H3,(H,17,19). The lowest BCUT2D eigenvalue weighted by atomic mass is 10.1. The van der Waals surface area contributed by atoms with E-state index in [-0.39, 0.29) is 11.9 Å². The molecule has 0 saturated carbocycles. The molecule has 0 saturated heterocycles. The second kappa shape index (κ2) is 5.89. The van der Waals surface area contributed by atoms with Crippen molar-refractivity contribution in [1.29, 1.82) is 0 Å². The Labute approximate surface area is 113 Å². The summed E-state index contributed by atoms with van der Waals surface area (Å²) in [7, 11) is 0. The Hall–Kier alpha value is -1.81. The third kappa shape index (κ3) is 3.35. The molecule has 2 rings (SSSR count). The number of para-hydroxylation sites is 1. The number of aromatic nitrogens is 1. The third-order valence-corrected chi connectivity index (χ3v) is 3.32. The molecule has 0 radical (unpaired) electrons. The van der Waals surface area contributed by atoms with Crippen LogP contribution in [-0.2, 0) is 11.3 Å². The van der Waals surface area contributed by atoms with Gasteiger partial charge in [-0.1, -0.05) is 18.2 Å². The second-order valence-corrected chi connectivity index (χ2v) is 5.07. The van der Waals surface area contributed by atoms with E-state index in [1.165, 1.54) is 5.39 Å². The van der Waals surface area contributed by atoms with Crippen molar-refractivity contribution in [3.05, 3.63) is 35.5 Å². The van der Waals surface area contributed by atoms with Crippen molar-refractivity contribution in [3.8, 4) is 0 Å². The molecule has 4 nitrogen and oxygen atoms in total. The Kier molecular flexibility index (Phi) is 4.22. The van der Waals surface area contributed by atoms with Crippen LogP contribution >= 0.6 is 0 Å². The molecular weight excluding hydrogens is 238 g/mol. The average Bonchev–Trinajstić information content (AvgIpc) is 2.69. The molecule has 0 spiro atoms. The number of hydrogen-bond donors (Lipinski definition) is 3. The van der Waals surface area contributed by atoms with Gasteiger partial charge in [0, 0.05) is 35.6 Å². The molecule has 1 unspecified atom stereocenters. The van der Waals surface area contributed by atoms with Crippen LogP contribution in [0, 0.1) is 6.92 Å². The first kappa shape index (κ1) is 13.6. The molecule has 0 aliphatic heterocycles. The van der Waals surface area contributed by atoms with E-state index in [9.17, 15) is 4.79 Å². The number of aromatic amines is 1. The number of hydrogen-bond acceptors (Lipinski definition) is 2. The normalized spacial score (nSPS) is 12.6. The summed E-state index contributed by atoms with van der Waals surface area (Å²) in [6.45, 7) is 4.51. The minimum atomic E-state index is 0.0574. The van der Waals surface area contributed by atoms with Gasteiger partial charge in [-0.05, 0) is 31.9 Å². The van der Waals surface area contributed by atoms with Gasteiger partial charge in [-0.25, -0.2) is 0 Å². The van der Waals surface area contributed by atoms with Crippen LogP contribution in [0.3, 0.4) is 0 Å². The van der Waals surface area contributed by atoms with Crippen LogP contribution in [0.25, 0.3) is 10.9 Å². The molecule has 102 valence electrons. The molecule has 4 heteroatoms. The Morgan fingerprint density at radius 3 is 2.89 bits per heavy atom. The Morgan fingerprint density at radius 2 is 2.16 bits per heavy atom. The third-order valence-electron chi connectivity index (χ3n) is 3.32. The van der Waals surface area contributed by atoms with Crippen molar-refractivity contribution < 1.29 is 4.79 Å². The summed E-state index contributed by atoms with van der Waals surface area (Å²) in [4.78, 5) is 15.0. The van der Waals surface area contributed by atoms with Crippen LogP contribution in [0.2, 0.25) is 0 Å². The van der Waals surface area contributed by atoms with Gasteiger partial charge in [0.05, 0.1) is 0 Å². The maximum atomic E-state index is 11.7. The van der Waals surface area contributed by atoms with Gasteiger partial charge in [-0.3, -0.25) is 4.79 Å². The predicted molar refractivity (Wildman–Crippen MR) is 77.8 cm³/mol. The van der Waals surface area contributed by atoms with Gasteiger partial charge in [-0.15, -0.1) is 0 Å². The highest BCUT2D eigenvalue weighted by molar-refractivity contribution is 5.85. The van der Waals surface area contributed by atoms with Crippen LogP contribution in [0.4, 0.5) is 0 Å². The minimum Gasteiger partial charge on any atom is -0.358 e. The van der Waals surface area contributed by atoms with Gasteiger partial charge < -0.3 is 16.0 Å². The largest absolute Gasteiger partial charge is 0.358 e. The molecule has 0 fully saturated rings. The van der Waals surface area contributed by atoms with Gasteiger partial charge in [-0.2, -0.15) is 0 Å². The molecule has 0 bridgehead atoms. The van der Waals surface area contributed by atoms with Crippen LogP contribution in [0.5, 0.6) is 0 Å². The number of nitrogens with one attached hydrogen (secondary N) is 2. The zero-order valence-electron chi connectivity index (χ0n) is 11.5. The highest BCUT2D eigenvalue weighted by atomic mass is 16.1. The molecule has 19 heavy (non-hydrogen) atoms. The first-order valence-corrected chi connectivity index (χ1v) is 6.66. The number of nitrogens with two attached hydrogens (primary N) is 1. The van der Waals surface area contributed by atoms with E-state index in [0.29, 0.717) is 13.0 Å². The summed E-state index contributed by atoms with van der Waals surface area (Å²) in [5, 5.41) is 4.13. The number of fused-ring (bicyclic) bond motifs is 1. The minimum absolute atomic E-state index is 0.0574. The predicted octanol–water partition coefficient (Wildman–Crippen LogP) is 2.22. The van der Waals surface area contributed by atoms with Crippen molar-refractivity contribution in [3.63, 3.8) is 0 Å². The van der Waals surface area contributed by atoms with E-state index in [4.69, 9.17) is 5.73 Å². The van der Waals surface area contributed by atoms with Gasteiger partial charge in [0.25, 0.3) is 0 Å². The Bertz CT molecular complexity index is 572. The van der Waals surface area contributed by atoms with Gasteiger partial charge in [0.2, 0.25) is 5.91 Å². The maximum absolute atomic E-state index is 11.7. The molecule has 1 heterocycles. The number of aryl methyl sites for hydroxylation is 1. The molecular formula is C15H21N3O. The van der Waals surface area contributed by atoms with Crippen molar-refractivity contribution in [2.45, 2.75) is 39.3 Å². The number of benzene rings is 1. The SMILES string of the molecule is Cc1[nH]c2ccccc2c1CNC(=O)CCC(C)N. The van der Waals surface area contributed by atoms with E-state index < -0.39 is 0 Å². The fourth-order valence-corrected chi connectivity index (χ4v) is 2.20. The zero-order chi connectivity index (χ0) is 13.8. The molecule has 1 atom stereocenters. The van der Waals surface area contributed by atoms with Crippen molar-refractivity contribution in [2.24, 2.45) is 5.73 Å². The van der Waals surface area contributed by atoms with Crippen molar-refractivity contribution in [2.75, 3.05) is 0 Å². The van der Waals surface area contributed by atoms with Gasteiger partial charge in [0.1, 0.15) is 0 Å². The molecule has 1 aromatic heterocycles. The molecule has 2 aromatic rings. The lowest BCUT2D eigenvalue weighted by Gasteiger charge is -2.07. The fraction of sp³-hybridized carbons (Fsp3) is 0.400. The van der Waals surface area contributed by atoms with Crippen LogP contribution in [-0.4, -0.2) is 16.9 Å². The highest BCUT2D eigenvalue weighted by Crippen LogP contribution is 2.21. The first-order valence-electron chi connectivity index (χ1n) is 6.66. The van der Waals surface area contributed by atoms with Crippen LogP contribution in [0.15, 0.2) is 24.3 Å². The molecule has 0 aliphatic carbocycles. The lowest BCUT2D eigenvalue weighted by molar-refractivity contribution is -0.121. The van der Waals surface area contributed by atoms with Crippen molar-refractivity contribution in [1.82, 2.24) is 10.3 Å². The summed E-state index contributed by atoms with van der Waals surface area (Å²) in [6, 6.07) is 8.20. The fourth-order valence-electron chi connectivity index (χ4n) is 2.20.